The predicted molar refractivity (Wildman–Crippen MR) is 75.3 cm³/mol. The van der Waals surface area contributed by atoms with Gasteiger partial charge in [-0.25, -0.2) is 0 Å². The lowest BCUT2D eigenvalue weighted by molar-refractivity contribution is -0.152. The molecule has 6 heteroatoms. The van der Waals surface area contributed by atoms with E-state index >= 15 is 0 Å². The van der Waals surface area contributed by atoms with Crippen LogP contribution in [-0.4, -0.2) is 45.2 Å². The number of carbonyl (C=O) groups excluding carboxylic acids is 1. The van der Waals surface area contributed by atoms with Gasteiger partial charge in [0.25, 0.3) is 5.91 Å². The Bertz CT molecular complexity index is 561. The summed E-state index contributed by atoms with van der Waals surface area (Å²) in [5, 5.41) is 28.0. The van der Waals surface area contributed by atoms with E-state index in [0.29, 0.717) is 32.4 Å². The van der Waals surface area contributed by atoms with Gasteiger partial charge in [0.05, 0.1) is 5.41 Å². The summed E-state index contributed by atoms with van der Waals surface area (Å²) in [4.78, 5) is 25.3. The average molecular weight is 293 g/mol. The highest BCUT2D eigenvalue weighted by Gasteiger charge is 2.40. The molecule has 2 rings (SSSR count). The molecule has 0 aliphatic carbocycles. The normalized spacial score (nSPS) is 17.5. The molecule has 0 unspecified atom stereocenters. The molecular formula is C15H19NO5. The van der Waals surface area contributed by atoms with E-state index in [-0.39, 0.29) is 23.0 Å². The second-order valence-corrected chi connectivity index (χ2v) is 5.43. The fourth-order valence-electron chi connectivity index (χ4n) is 2.70. The fraction of sp³-hybridized carbons (Fsp3) is 0.467. The first-order chi connectivity index (χ1) is 9.89. The third-order valence-electron chi connectivity index (χ3n) is 4.36. The molecule has 0 radical (unpaired) electrons. The van der Waals surface area contributed by atoms with Gasteiger partial charge < -0.3 is 20.2 Å². The van der Waals surface area contributed by atoms with Crippen LogP contribution < -0.4 is 0 Å². The zero-order valence-corrected chi connectivity index (χ0v) is 11.9. The number of carboxylic acids is 1. The SMILES string of the molecule is CCC1(C(=O)O)CCN(C(=O)c2ccc(O)c(O)c2)CC1. The maximum Gasteiger partial charge on any atom is 0.309 e. The molecule has 1 fully saturated rings. The molecule has 1 heterocycles. The van der Waals surface area contributed by atoms with Crippen LogP contribution in [0.4, 0.5) is 0 Å². The first-order valence-corrected chi connectivity index (χ1v) is 6.94. The van der Waals surface area contributed by atoms with Gasteiger partial charge in [0, 0.05) is 18.7 Å². The number of piperidine rings is 1. The summed E-state index contributed by atoms with van der Waals surface area (Å²) in [6, 6.07) is 3.92. The molecule has 0 saturated carbocycles. The fourth-order valence-corrected chi connectivity index (χ4v) is 2.70. The minimum atomic E-state index is -0.806. The molecule has 0 atom stereocenters. The molecule has 1 aromatic rings. The van der Waals surface area contributed by atoms with Crippen molar-refractivity contribution in [3.05, 3.63) is 23.8 Å². The zero-order valence-electron chi connectivity index (χ0n) is 11.9. The smallest absolute Gasteiger partial charge is 0.309 e. The molecule has 1 saturated heterocycles. The van der Waals surface area contributed by atoms with E-state index in [1.807, 2.05) is 6.92 Å². The van der Waals surface area contributed by atoms with Crippen LogP contribution in [0.2, 0.25) is 0 Å². The quantitative estimate of drug-likeness (QED) is 0.738. The van der Waals surface area contributed by atoms with E-state index in [1.165, 1.54) is 18.2 Å². The Morgan fingerprint density at radius 3 is 2.29 bits per heavy atom. The minimum absolute atomic E-state index is 0.264. The molecule has 1 aliphatic heterocycles. The Hall–Kier alpha value is -2.24. The first kappa shape index (κ1) is 15.2. The summed E-state index contributed by atoms with van der Waals surface area (Å²) in [6.45, 7) is 2.60. The number of hydrogen-bond donors (Lipinski definition) is 3. The number of carbonyl (C=O) groups is 2. The summed E-state index contributed by atoms with van der Waals surface area (Å²) in [6.07, 6.45) is 1.40. The lowest BCUT2D eigenvalue weighted by atomic mass is 9.76. The van der Waals surface area contributed by atoms with Crippen LogP contribution in [-0.2, 0) is 4.79 Å². The molecule has 3 N–H and O–H groups in total. The number of aromatic hydroxyl groups is 2. The Labute approximate surface area is 122 Å². The number of benzene rings is 1. The number of amides is 1. The van der Waals surface area contributed by atoms with Gasteiger partial charge in [-0.1, -0.05) is 6.92 Å². The Balaban J connectivity index is 2.09. The van der Waals surface area contributed by atoms with Crippen molar-refractivity contribution < 1.29 is 24.9 Å². The van der Waals surface area contributed by atoms with E-state index in [9.17, 15) is 24.9 Å². The van der Waals surface area contributed by atoms with Crippen molar-refractivity contribution in [2.75, 3.05) is 13.1 Å². The Morgan fingerprint density at radius 2 is 1.81 bits per heavy atom. The van der Waals surface area contributed by atoms with Crippen LogP contribution in [0, 0.1) is 5.41 Å². The molecule has 1 aromatic carbocycles. The van der Waals surface area contributed by atoms with Gasteiger partial charge in [0.2, 0.25) is 0 Å². The molecule has 0 bridgehead atoms. The zero-order chi connectivity index (χ0) is 15.6. The lowest BCUT2D eigenvalue weighted by Gasteiger charge is -2.38. The second kappa shape index (κ2) is 5.63. The topological polar surface area (TPSA) is 98.1 Å². The van der Waals surface area contributed by atoms with Crippen molar-refractivity contribution in [3.63, 3.8) is 0 Å². The molecule has 114 valence electrons. The van der Waals surface area contributed by atoms with Gasteiger partial charge in [0.15, 0.2) is 11.5 Å². The van der Waals surface area contributed by atoms with Crippen LogP contribution >= 0.6 is 0 Å². The monoisotopic (exact) mass is 293 g/mol. The van der Waals surface area contributed by atoms with Gasteiger partial charge in [0.1, 0.15) is 0 Å². The van der Waals surface area contributed by atoms with E-state index < -0.39 is 11.4 Å². The summed E-state index contributed by atoms with van der Waals surface area (Å²) in [7, 11) is 0. The summed E-state index contributed by atoms with van der Waals surface area (Å²) in [5.74, 6) is -1.69. The molecule has 6 nitrogen and oxygen atoms in total. The lowest BCUT2D eigenvalue weighted by Crippen LogP contribution is -2.46. The third kappa shape index (κ3) is 2.79. The van der Waals surface area contributed by atoms with Crippen molar-refractivity contribution >= 4 is 11.9 Å². The number of hydrogen-bond acceptors (Lipinski definition) is 4. The average Bonchev–Trinajstić information content (AvgIpc) is 2.49. The van der Waals surface area contributed by atoms with Crippen molar-refractivity contribution in [2.24, 2.45) is 5.41 Å². The van der Waals surface area contributed by atoms with Gasteiger partial charge in [-0.05, 0) is 37.5 Å². The minimum Gasteiger partial charge on any atom is -0.504 e. The van der Waals surface area contributed by atoms with Crippen molar-refractivity contribution in [2.45, 2.75) is 26.2 Å². The Kier molecular flexibility index (Phi) is 4.06. The van der Waals surface area contributed by atoms with E-state index in [0.717, 1.165) is 0 Å². The van der Waals surface area contributed by atoms with E-state index in [2.05, 4.69) is 0 Å². The number of rotatable bonds is 3. The van der Waals surface area contributed by atoms with Gasteiger partial charge in [-0.3, -0.25) is 9.59 Å². The van der Waals surface area contributed by atoms with Crippen LogP contribution in [0.5, 0.6) is 11.5 Å². The number of likely N-dealkylation sites (tertiary alicyclic amines) is 1. The molecule has 21 heavy (non-hydrogen) atoms. The van der Waals surface area contributed by atoms with Crippen LogP contribution in [0.3, 0.4) is 0 Å². The van der Waals surface area contributed by atoms with Crippen molar-refractivity contribution in [1.82, 2.24) is 4.90 Å². The van der Waals surface area contributed by atoms with Gasteiger partial charge in [-0.2, -0.15) is 0 Å². The summed E-state index contributed by atoms with van der Waals surface area (Å²) >= 11 is 0. The molecular weight excluding hydrogens is 274 g/mol. The number of phenols is 2. The largest absolute Gasteiger partial charge is 0.504 e. The number of aliphatic carboxylic acids is 1. The van der Waals surface area contributed by atoms with E-state index in [1.54, 1.807) is 4.90 Å². The molecule has 0 spiro atoms. The van der Waals surface area contributed by atoms with Crippen LogP contribution in [0.1, 0.15) is 36.5 Å². The Morgan fingerprint density at radius 1 is 1.19 bits per heavy atom. The second-order valence-electron chi connectivity index (χ2n) is 5.43. The summed E-state index contributed by atoms with van der Waals surface area (Å²) in [5.41, 5.74) is -0.460. The van der Waals surface area contributed by atoms with Gasteiger partial charge in [-0.15, -0.1) is 0 Å². The standard InChI is InChI=1S/C15H19NO5/c1-2-15(14(20)21)5-7-16(8-6-15)13(19)10-3-4-11(17)12(18)9-10/h3-4,9,17-18H,2,5-8H2,1H3,(H,20,21). The number of phenolic OH excluding ortho intramolecular Hbond substituents is 2. The maximum atomic E-state index is 12.3. The van der Waals surface area contributed by atoms with E-state index in [4.69, 9.17) is 0 Å². The van der Waals surface area contributed by atoms with Gasteiger partial charge >= 0.3 is 5.97 Å². The van der Waals surface area contributed by atoms with Crippen LogP contribution in [0.15, 0.2) is 18.2 Å². The van der Waals surface area contributed by atoms with Crippen molar-refractivity contribution in [3.8, 4) is 11.5 Å². The molecule has 1 amide bonds. The number of nitrogens with zero attached hydrogens (tertiary/aromatic N) is 1. The summed E-state index contributed by atoms with van der Waals surface area (Å²) < 4.78 is 0. The molecule has 1 aliphatic rings. The van der Waals surface area contributed by atoms with Crippen molar-refractivity contribution in [1.29, 1.82) is 0 Å². The first-order valence-electron chi connectivity index (χ1n) is 6.94. The maximum absolute atomic E-state index is 12.3. The highest BCUT2D eigenvalue weighted by Crippen LogP contribution is 2.36. The highest BCUT2D eigenvalue weighted by molar-refractivity contribution is 5.95. The number of carboxylic acid groups (broad SMARTS) is 1. The third-order valence-corrected chi connectivity index (χ3v) is 4.36. The predicted octanol–water partition coefficient (Wildman–Crippen LogP) is 1.81. The molecule has 0 aromatic heterocycles. The highest BCUT2D eigenvalue weighted by atomic mass is 16.4. The van der Waals surface area contributed by atoms with Crippen LogP contribution in [0.25, 0.3) is 0 Å².